The Morgan fingerprint density at radius 1 is 1.24 bits per heavy atom. The Labute approximate surface area is 106 Å². The molecule has 1 rings (SSSR count). The maximum absolute atomic E-state index is 8.92. The summed E-state index contributed by atoms with van der Waals surface area (Å²) in [4.78, 5) is 0. The fraction of sp³-hybridized carbons (Fsp3) is 1.00. The largest absolute Gasteiger partial charge is 0.396 e. The highest BCUT2D eigenvalue weighted by Crippen LogP contribution is 2.20. The van der Waals surface area contributed by atoms with Gasteiger partial charge in [-0.05, 0) is 52.0 Å². The molecule has 0 amide bonds. The molecule has 1 aliphatic heterocycles. The summed E-state index contributed by atoms with van der Waals surface area (Å²) in [7, 11) is 0. The van der Waals surface area contributed by atoms with E-state index in [-0.39, 0.29) is 12.1 Å². The van der Waals surface area contributed by atoms with Crippen LogP contribution in [0.3, 0.4) is 0 Å². The number of unbranched alkanes of at least 4 members (excludes halogenated alkanes) is 1. The summed E-state index contributed by atoms with van der Waals surface area (Å²) in [5.74, 6) is 0.897. The van der Waals surface area contributed by atoms with Crippen molar-refractivity contribution in [3.63, 3.8) is 0 Å². The first-order valence-electron chi connectivity index (χ1n) is 7.08. The summed E-state index contributed by atoms with van der Waals surface area (Å²) in [6.07, 6.45) is 7.24. The molecule has 0 saturated carbocycles. The molecule has 102 valence electrons. The van der Waals surface area contributed by atoms with Gasteiger partial charge in [-0.1, -0.05) is 12.8 Å². The van der Waals surface area contributed by atoms with Crippen LogP contribution in [0.2, 0.25) is 0 Å². The Hall–Kier alpha value is -0.120. The normalized spacial score (nSPS) is 18.5. The third-order valence-electron chi connectivity index (χ3n) is 3.72. The molecule has 1 fully saturated rings. The topological polar surface area (TPSA) is 41.5 Å². The lowest BCUT2D eigenvalue weighted by atomic mass is 9.94. The maximum Gasteiger partial charge on any atom is 0.0468 e. The average Bonchev–Trinajstić information content (AvgIpc) is 2.30. The summed E-state index contributed by atoms with van der Waals surface area (Å²) in [5, 5.41) is 12.4. The summed E-state index contributed by atoms with van der Waals surface area (Å²) in [6, 6.07) is 0. The zero-order valence-electron chi connectivity index (χ0n) is 11.5. The minimum Gasteiger partial charge on any atom is -0.396 e. The Bertz CT molecular complexity index is 189. The Morgan fingerprint density at radius 3 is 2.59 bits per heavy atom. The van der Waals surface area contributed by atoms with Crippen molar-refractivity contribution in [1.29, 1.82) is 0 Å². The molecule has 0 aromatic rings. The summed E-state index contributed by atoms with van der Waals surface area (Å²) in [5.41, 5.74) is 0.0768. The third kappa shape index (κ3) is 7.02. The Kier molecular flexibility index (Phi) is 7.09. The molecule has 3 nitrogen and oxygen atoms in total. The first-order chi connectivity index (χ1) is 8.14. The van der Waals surface area contributed by atoms with Crippen molar-refractivity contribution in [2.24, 2.45) is 5.92 Å². The van der Waals surface area contributed by atoms with Gasteiger partial charge in [0.1, 0.15) is 0 Å². The van der Waals surface area contributed by atoms with Crippen molar-refractivity contribution in [3.8, 4) is 0 Å². The lowest BCUT2D eigenvalue weighted by Gasteiger charge is -2.26. The maximum atomic E-state index is 8.92. The number of nitrogens with one attached hydrogen (secondary N) is 1. The molecule has 0 bridgehead atoms. The SMILES string of the molecule is CC(C)(CCO)NCCCCC1CCOCC1. The lowest BCUT2D eigenvalue weighted by Crippen LogP contribution is -2.40. The van der Waals surface area contributed by atoms with E-state index < -0.39 is 0 Å². The Morgan fingerprint density at radius 2 is 1.94 bits per heavy atom. The summed E-state index contributed by atoms with van der Waals surface area (Å²) < 4.78 is 5.36. The second-order valence-corrected chi connectivity index (χ2v) is 5.84. The molecule has 0 radical (unpaired) electrons. The molecule has 0 spiro atoms. The quantitative estimate of drug-likeness (QED) is 0.643. The number of aliphatic hydroxyl groups excluding tert-OH is 1. The van der Waals surface area contributed by atoms with Crippen LogP contribution in [-0.4, -0.2) is 37.0 Å². The number of aliphatic hydroxyl groups is 1. The predicted molar refractivity (Wildman–Crippen MR) is 71.2 cm³/mol. The smallest absolute Gasteiger partial charge is 0.0468 e. The highest BCUT2D eigenvalue weighted by molar-refractivity contribution is 4.76. The summed E-state index contributed by atoms with van der Waals surface area (Å²) >= 11 is 0. The van der Waals surface area contributed by atoms with Crippen LogP contribution in [0, 0.1) is 5.92 Å². The number of ether oxygens (including phenoxy) is 1. The molecule has 1 aliphatic rings. The molecule has 3 heteroatoms. The zero-order valence-corrected chi connectivity index (χ0v) is 11.5. The van der Waals surface area contributed by atoms with Crippen LogP contribution in [-0.2, 0) is 4.74 Å². The van der Waals surface area contributed by atoms with Gasteiger partial charge in [0.05, 0.1) is 0 Å². The van der Waals surface area contributed by atoms with Gasteiger partial charge in [0.25, 0.3) is 0 Å². The van der Waals surface area contributed by atoms with Gasteiger partial charge in [-0.2, -0.15) is 0 Å². The van der Waals surface area contributed by atoms with Crippen molar-refractivity contribution in [2.75, 3.05) is 26.4 Å². The van der Waals surface area contributed by atoms with Crippen LogP contribution in [0.25, 0.3) is 0 Å². The van der Waals surface area contributed by atoms with Gasteiger partial charge < -0.3 is 15.2 Å². The van der Waals surface area contributed by atoms with Gasteiger partial charge in [-0.25, -0.2) is 0 Å². The van der Waals surface area contributed by atoms with Crippen molar-refractivity contribution in [1.82, 2.24) is 5.32 Å². The molecular weight excluding hydrogens is 214 g/mol. The van der Waals surface area contributed by atoms with Crippen LogP contribution >= 0.6 is 0 Å². The summed E-state index contributed by atoms with van der Waals surface area (Å²) in [6.45, 7) is 7.57. The lowest BCUT2D eigenvalue weighted by molar-refractivity contribution is 0.0631. The molecule has 0 aromatic carbocycles. The van der Waals surface area contributed by atoms with Crippen molar-refractivity contribution >= 4 is 0 Å². The molecule has 0 atom stereocenters. The van der Waals surface area contributed by atoms with E-state index in [4.69, 9.17) is 9.84 Å². The van der Waals surface area contributed by atoms with Crippen LogP contribution in [0.5, 0.6) is 0 Å². The van der Waals surface area contributed by atoms with Gasteiger partial charge in [0, 0.05) is 25.4 Å². The van der Waals surface area contributed by atoms with Crippen LogP contribution in [0.1, 0.15) is 52.4 Å². The fourth-order valence-electron chi connectivity index (χ4n) is 2.39. The van der Waals surface area contributed by atoms with Crippen molar-refractivity contribution < 1.29 is 9.84 Å². The Balaban J connectivity index is 1.96. The first-order valence-corrected chi connectivity index (χ1v) is 7.08. The first kappa shape index (κ1) is 14.9. The molecule has 17 heavy (non-hydrogen) atoms. The molecule has 2 N–H and O–H groups in total. The van der Waals surface area contributed by atoms with Gasteiger partial charge >= 0.3 is 0 Å². The van der Waals surface area contributed by atoms with Gasteiger partial charge in [-0.15, -0.1) is 0 Å². The average molecular weight is 243 g/mol. The van der Waals surface area contributed by atoms with Gasteiger partial charge in [0.2, 0.25) is 0 Å². The molecule has 0 aromatic heterocycles. The minimum absolute atomic E-state index is 0.0768. The zero-order chi connectivity index (χ0) is 12.6. The number of hydrogen-bond acceptors (Lipinski definition) is 3. The van der Waals surface area contributed by atoms with Crippen LogP contribution in [0.15, 0.2) is 0 Å². The van der Waals surface area contributed by atoms with Crippen LogP contribution in [0.4, 0.5) is 0 Å². The van der Waals surface area contributed by atoms with E-state index in [1.807, 2.05) is 0 Å². The molecule has 0 unspecified atom stereocenters. The van der Waals surface area contributed by atoms with E-state index in [2.05, 4.69) is 19.2 Å². The van der Waals surface area contributed by atoms with E-state index in [1.54, 1.807) is 0 Å². The highest BCUT2D eigenvalue weighted by Gasteiger charge is 2.16. The van der Waals surface area contributed by atoms with Gasteiger partial charge in [-0.3, -0.25) is 0 Å². The highest BCUT2D eigenvalue weighted by atomic mass is 16.5. The molecular formula is C14H29NO2. The van der Waals surface area contributed by atoms with E-state index in [1.165, 1.54) is 32.1 Å². The number of rotatable bonds is 8. The third-order valence-corrected chi connectivity index (χ3v) is 3.72. The standard InChI is InChI=1S/C14H29NO2/c1-14(2,8-10-16)15-9-4-3-5-13-6-11-17-12-7-13/h13,15-16H,3-12H2,1-2H3. The second-order valence-electron chi connectivity index (χ2n) is 5.84. The van der Waals surface area contributed by atoms with E-state index >= 15 is 0 Å². The number of hydrogen-bond donors (Lipinski definition) is 2. The fourth-order valence-corrected chi connectivity index (χ4v) is 2.39. The van der Waals surface area contributed by atoms with Crippen molar-refractivity contribution in [3.05, 3.63) is 0 Å². The predicted octanol–water partition coefficient (Wildman–Crippen LogP) is 2.33. The molecule has 0 aliphatic carbocycles. The van der Waals surface area contributed by atoms with Crippen molar-refractivity contribution in [2.45, 2.75) is 57.9 Å². The van der Waals surface area contributed by atoms with E-state index in [9.17, 15) is 0 Å². The van der Waals surface area contributed by atoms with Crippen LogP contribution < -0.4 is 5.32 Å². The van der Waals surface area contributed by atoms with Gasteiger partial charge in [0.15, 0.2) is 0 Å². The minimum atomic E-state index is 0.0768. The van der Waals surface area contributed by atoms with E-state index in [0.717, 1.165) is 32.1 Å². The monoisotopic (exact) mass is 243 g/mol. The van der Waals surface area contributed by atoms with E-state index in [0.29, 0.717) is 0 Å². The molecule has 1 saturated heterocycles. The second kappa shape index (κ2) is 8.06. The molecule has 1 heterocycles.